The van der Waals surface area contributed by atoms with E-state index in [0.29, 0.717) is 10.0 Å². The highest BCUT2D eigenvalue weighted by Crippen LogP contribution is 2.15. The van der Waals surface area contributed by atoms with Gasteiger partial charge in [-0.2, -0.15) is 0 Å². The number of halogens is 1. The van der Waals surface area contributed by atoms with E-state index in [9.17, 15) is 14.4 Å². The average molecular weight is 370 g/mol. The number of amides is 3. The normalized spacial score (nSPS) is 12.2. The minimum Gasteiger partial charge on any atom is -0.344 e. The second-order valence-corrected chi connectivity index (χ2v) is 6.72. The van der Waals surface area contributed by atoms with Gasteiger partial charge in [-0.1, -0.05) is 32.9 Å². The molecule has 0 saturated heterocycles. The van der Waals surface area contributed by atoms with Crippen LogP contribution < -0.4 is 16.2 Å². The molecule has 0 aliphatic carbocycles. The van der Waals surface area contributed by atoms with Crippen LogP contribution in [0, 0.1) is 5.41 Å². The van der Waals surface area contributed by atoms with Crippen LogP contribution in [0.25, 0.3) is 0 Å². The molecule has 0 heterocycles. The summed E-state index contributed by atoms with van der Waals surface area (Å²) in [5, 5.41) is 2.58. The maximum Gasteiger partial charge on any atom is 0.270 e. The number of benzene rings is 1. The van der Waals surface area contributed by atoms with Crippen molar-refractivity contribution < 1.29 is 14.4 Å². The van der Waals surface area contributed by atoms with Crippen LogP contribution in [0.5, 0.6) is 0 Å². The topological polar surface area (TPSA) is 87.3 Å². The van der Waals surface area contributed by atoms with Crippen LogP contribution in [0.1, 0.15) is 38.1 Å². The molecule has 1 unspecified atom stereocenters. The molecule has 1 atom stereocenters. The van der Waals surface area contributed by atoms with E-state index in [1.807, 2.05) is 0 Å². The van der Waals surface area contributed by atoms with Crippen LogP contribution in [-0.4, -0.2) is 23.8 Å². The predicted molar refractivity (Wildman–Crippen MR) is 86.8 cm³/mol. The molecule has 0 fully saturated rings. The third kappa shape index (κ3) is 5.14. The SMILES string of the molecule is CC(NC(=O)C(C)(C)C)C(=O)NNC(=O)c1ccccc1Br. The first-order valence-electron chi connectivity index (χ1n) is 6.78. The van der Waals surface area contributed by atoms with Gasteiger partial charge < -0.3 is 5.32 Å². The van der Waals surface area contributed by atoms with Gasteiger partial charge in [0.25, 0.3) is 11.8 Å². The summed E-state index contributed by atoms with van der Waals surface area (Å²) in [7, 11) is 0. The van der Waals surface area contributed by atoms with Crippen molar-refractivity contribution in [1.82, 2.24) is 16.2 Å². The molecular weight excluding hydrogens is 350 g/mol. The van der Waals surface area contributed by atoms with Crippen LogP contribution >= 0.6 is 15.9 Å². The minimum atomic E-state index is -0.758. The summed E-state index contributed by atoms with van der Waals surface area (Å²) in [5.41, 5.74) is 4.41. The number of hydrazine groups is 1. The van der Waals surface area contributed by atoms with E-state index in [-0.39, 0.29) is 5.91 Å². The van der Waals surface area contributed by atoms with Gasteiger partial charge >= 0.3 is 0 Å². The fourth-order valence-corrected chi connectivity index (χ4v) is 1.88. The van der Waals surface area contributed by atoms with Crippen molar-refractivity contribution >= 4 is 33.7 Å². The molecule has 6 nitrogen and oxygen atoms in total. The van der Waals surface area contributed by atoms with Gasteiger partial charge in [0.05, 0.1) is 5.56 Å². The van der Waals surface area contributed by atoms with Crippen molar-refractivity contribution in [1.29, 1.82) is 0 Å². The summed E-state index contributed by atoms with van der Waals surface area (Å²) in [6.07, 6.45) is 0. The molecule has 0 spiro atoms. The quantitative estimate of drug-likeness (QED) is 0.709. The van der Waals surface area contributed by atoms with Gasteiger partial charge in [0.2, 0.25) is 5.91 Å². The largest absolute Gasteiger partial charge is 0.344 e. The lowest BCUT2D eigenvalue weighted by atomic mass is 9.95. The molecule has 0 radical (unpaired) electrons. The Kier molecular flexibility index (Phi) is 6.11. The Hall–Kier alpha value is -1.89. The molecule has 3 N–H and O–H groups in total. The first-order chi connectivity index (χ1) is 10.1. The van der Waals surface area contributed by atoms with Crippen LogP contribution in [0.4, 0.5) is 0 Å². The van der Waals surface area contributed by atoms with Gasteiger partial charge in [-0.05, 0) is 35.0 Å². The first-order valence-corrected chi connectivity index (χ1v) is 7.58. The molecule has 1 aromatic rings. The maximum atomic E-state index is 11.9. The Bertz CT molecular complexity index is 582. The summed E-state index contributed by atoms with van der Waals surface area (Å²) >= 11 is 3.26. The summed E-state index contributed by atoms with van der Waals surface area (Å²) in [6, 6.07) is 6.09. The molecule has 1 rings (SSSR count). The highest BCUT2D eigenvalue weighted by Gasteiger charge is 2.25. The van der Waals surface area contributed by atoms with Crippen LogP contribution in [-0.2, 0) is 9.59 Å². The summed E-state index contributed by atoms with van der Waals surface area (Å²) < 4.78 is 0.621. The summed E-state index contributed by atoms with van der Waals surface area (Å²) in [4.78, 5) is 35.6. The van der Waals surface area contributed by atoms with E-state index < -0.39 is 23.3 Å². The Balaban J connectivity index is 2.54. The lowest BCUT2D eigenvalue weighted by Crippen LogP contribution is -2.52. The molecule has 1 aromatic carbocycles. The third-order valence-electron chi connectivity index (χ3n) is 2.84. The van der Waals surface area contributed by atoms with Gasteiger partial charge in [0.1, 0.15) is 6.04 Å². The fourth-order valence-electron chi connectivity index (χ4n) is 1.42. The number of nitrogens with one attached hydrogen (secondary N) is 3. The van der Waals surface area contributed by atoms with Crippen LogP contribution in [0.2, 0.25) is 0 Å². The number of hydrogen-bond acceptors (Lipinski definition) is 3. The molecular formula is C15H20BrN3O3. The highest BCUT2D eigenvalue weighted by molar-refractivity contribution is 9.10. The van der Waals surface area contributed by atoms with E-state index in [1.165, 1.54) is 0 Å². The van der Waals surface area contributed by atoms with Crippen LogP contribution in [0.3, 0.4) is 0 Å². The zero-order chi connectivity index (χ0) is 16.9. The van der Waals surface area contributed by atoms with Gasteiger partial charge in [0.15, 0.2) is 0 Å². The van der Waals surface area contributed by atoms with E-state index in [0.717, 1.165) is 0 Å². The van der Waals surface area contributed by atoms with Gasteiger partial charge in [-0.15, -0.1) is 0 Å². The number of hydrogen-bond donors (Lipinski definition) is 3. The van der Waals surface area contributed by atoms with Crippen molar-refractivity contribution in [3.05, 3.63) is 34.3 Å². The summed E-state index contributed by atoms with van der Waals surface area (Å²) in [6.45, 7) is 6.80. The van der Waals surface area contributed by atoms with Crippen molar-refractivity contribution in [2.24, 2.45) is 5.41 Å². The average Bonchev–Trinajstić information content (AvgIpc) is 2.43. The molecule has 0 saturated carbocycles. The maximum absolute atomic E-state index is 11.9. The zero-order valence-electron chi connectivity index (χ0n) is 13.0. The molecule has 7 heteroatoms. The molecule has 22 heavy (non-hydrogen) atoms. The molecule has 0 aliphatic rings. The van der Waals surface area contributed by atoms with Gasteiger partial charge in [-0.3, -0.25) is 25.2 Å². The number of carbonyl (C=O) groups is 3. The first kappa shape index (κ1) is 18.2. The zero-order valence-corrected chi connectivity index (χ0v) is 14.6. The second kappa shape index (κ2) is 7.40. The smallest absolute Gasteiger partial charge is 0.270 e. The van der Waals surface area contributed by atoms with Crippen molar-refractivity contribution in [3.8, 4) is 0 Å². The Morgan fingerprint density at radius 2 is 1.68 bits per heavy atom. The number of carbonyl (C=O) groups excluding carboxylic acids is 3. The lowest BCUT2D eigenvalue weighted by molar-refractivity contribution is -0.133. The monoisotopic (exact) mass is 369 g/mol. The lowest BCUT2D eigenvalue weighted by Gasteiger charge is -2.21. The van der Waals surface area contributed by atoms with Crippen molar-refractivity contribution in [2.45, 2.75) is 33.7 Å². The standard InChI is InChI=1S/C15H20BrN3O3/c1-9(17-14(22)15(2,3)4)12(20)18-19-13(21)10-7-5-6-8-11(10)16/h5-9H,1-4H3,(H,17,22)(H,18,20)(H,19,21). The summed E-state index contributed by atoms with van der Waals surface area (Å²) in [5.74, 6) is -1.19. The Morgan fingerprint density at radius 1 is 1.09 bits per heavy atom. The van der Waals surface area contributed by atoms with E-state index in [1.54, 1.807) is 52.0 Å². The second-order valence-electron chi connectivity index (χ2n) is 5.87. The third-order valence-corrected chi connectivity index (χ3v) is 3.53. The predicted octanol–water partition coefficient (Wildman–Crippen LogP) is 1.76. The molecule has 3 amide bonds. The van der Waals surface area contributed by atoms with Gasteiger partial charge in [0, 0.05) is 9.89 Å². The van der Waals surface area contributed by atoms with E-state index >= 15 is 0 Å². The molecule has 120 valence electrons. The van der Waals surface area contributed by atoms with Gasteiger partial charge in [-0.25, -0.2) is 0 Å². The van der Waals surface area contributed by atoms with Crippen molar-refractivity contribution in [3.63, 3.8) is 0 Å². The Morgan fingerprint density at radius 3 is 2.23 bits per heavy atom. The van der Waals surface area contributed by atoms with E-state index in [4.69, 9.17) is 0 Å². The van der Waals surface area contributed by atoms with Crippen LogP contribution in [0.15, 0.2) is 28.7 Å². The molecule has 0 bridgehead atoms. The Labute approximate surface area is 138 Å². The molecule has 0 aromatic heterocycles. The highest BCUT2D eigenvalue weighted by atomic mass is 79.9. The number of rotatable bonds is 3. The fraction of sp³-hybridized carbons (Fsp3) is 0.400. The minimum absolute atomic E-state index is 0.243. The molecule has 0 aliphatic heterocycles. The van der Waals surface area contributed by atoms with Crippen molar-refractivity contribution in [2.75, 3.05) is 0 Å². The van der Waals surface area contributed by atoms with E-state index in [2.05, 4.69) is 32.1 Å².